The highest BCUT2D eigenvalue weighted by atomic mass is 79.9. The van der Waals surface area contributed by atoms with Crippen molar-refractivity contribution in [3.63, 3.8) is 0 Å². The van der Waals surface area contributed by atoms with E-state index in [9.17, 15) is 0 Å². The fourth-order valence-corrected chi connectivity index (χ4v) is 1.74. The summed E-state index contributed by atoms with van der Waals surface area (Å²) in [5.41, 5.74) is 7.55. The first-order valence-corrected chi connectivity index (χ1v) is 5.73. The number of rotatable bonds is 2. The molecular weight excluding hydrogens is 266 g/mol. The fraction of sp³-hybridized carbons (Fsp3) is 0.0769. The van der Waals surface area contributed by atoms with Gasteiger partial charge in [-0.15, -0.1) is 0 Å². The average molecular weight is 278 g/mol. The van der Waals surface area contributed by atoms with Crippen molar-refractivity contribution in [1.29, 1.82) is 0 Å². The maximum absolute atomic E-state index is 5.75. The number of anilines is 1. The summed E-state index contributed by atoms with van der Waals surface area (Å²) in [6.07, 6.45) is 0. The van der Waals surface area contributed by atoms with E-state index in [4.69, 9.17) is 10.5 Å². The van der Waals surface area contributed by atoms with Crippen LogP contribution in [-0.4, -0.2) is 0 Å². The molecule has 0 bridgehead atoms. The van der Waals surface area contributed by atoms with Crippen LogP contribution in [0.4, 0.5) is 5.69 Å². The smallest absolute Gasteiger partial charge is 0.129 e. The van der Waals surface area contributed by atoms with E-state index in [-0.39, 0.29) is 0 Å². The predicted molar refractivity (Wildman–Crippen MR) is 69.8 cm³/mol. The Bertz CT molecular complexity index is 474. The Kier molecular flexibility index (Phi) is 3.15. The summed E-state index contributed by atoms with van der Waals surface area (Å²) in [7, 11) is 0. The van der Waals surface area contributed by atoms with E-state index in [1.165, 1.54) is 0 Å². The Hall–Kier alpha value is -1.48. The first-order chi connectivity index (χ1) is 7.63. The van der Waals surface area contributed by atoms with E-state index < -0.39 is 0 Å². The van der Waals surface area contributed by atoms with Crippen LogP contribution >= 0.6 is 15.9 Å². The van der Waals surface area contributed by atoms with E-state index in [1.54, 1.807) is 0 Å². The number of hydrogen-bond acceptors (Lipinski definition) is 2. The van der Waals surface area contributed by atoms with Crippen LogP contribution < -0.4 is 10.5 Å². The largest absolute Gasteiger partial charge is 0.457 e. The molecule has 0 saturated heterocycles. The molecule has 0 aliphatic rings. The Morgan fingerprint density at radius 3 is 2.31 bits per heavy atom. The minimum Gasteiger partial charge on any atom is -0.457 e. The minimum absolute atomic E-state index is 0.715. The summed E-state index contributed by atoms with van der Waals surface area (Å²) in [5, 5.41) is 0. The topological polar surface area (TPSA) is 35.2 Å². The van der Waals surface area contributed by atoms with Gasteiger partial charge in [0.15, 0.2) is 0 Å². The molecule has 16 heavy (non-hydrogen) atoms. The molecule has 0 saturated carbocycles. The molecule has 2 N–H and O–H groups in total. The van der Waals surface area contributed by atoms with Crippen molar-refractivity contribution in [3.05, 3.63) is 52.5 Å². The first kappa shape index (κ1) is 11.0. The Morgan fingerprint density at radius 1 is 1.00 bits per heavy atom. The zero-order valence-corrected chi connectivity index (χ0v) is 10.5. The van der Waals surface area contributed by atoms with Gasteiger partial charge in [-0.1, -0.05) is 15.9 Å². The normalized spacial score (nSPS) is 10.1. The first-order valence-electron chi connectivity index (χ1n) is 4.94. The van der Waals surface area contributed by atoms with Crippen LogP contribution in [0.25, 0.3) is 0 Å². The molecule has 2 rings (SSSR count). The van der Waals surface area contributed by atoms with Crippen LogP contribution in [0.2, 0.25) is 0 Å². The number of hydrogen-bond donors (Lipinski definition) is 1. The molecule has 2 aromatic carbocycles. The summed E-state index contributed by atoms with van der Waals surface area (Å²) in [6.45, 7) is 1.99. The Morgan fingerprint density at radius 2 is 1.69 bits per heavy atom. The molecule has 0 heterocycles. The van der Waals surface area contributed by atoms with Gasteiger partial charge in [0.25, 0.3) is 0 Å². The van der Waals surface area contributed by atoms with Crippen LogP contribution in [0.5, 0.6) is 11.5 Å². The van der Waals surface area contributed by atoms with Gasteiger partial charge in [-0.05, 0) is 48.9 Å². The molecule has 0 aliphatic heterocycles. The van der Waals surface area contributed by atoms with Gasteiger partial charge < -0.3 is 10.5 Å². The molecule has 2 aromatic rings. The standard InChI is InChI=1S/C13H12BrNO/c1-9-6-11(15)8-13(7-9)16-12-4-2-10(14)3-5-12/h2-8H,15H2,1H3. The maximum Gasteiger partial charge on any atom is 0.129 e. The second-order valence-electron chi connectivity index (χ2n) is 3.64. The van der Waals surface area contributed by atoms with Crippen molar-refractivity contribution >= 4 is 21.6 Å². The highest BCUT2D eigenvalue weighted by Gasteiger charge is 1.99. The van der Waals surface area contributed by atoms with Crippen molar-refractivity contribution in [2.45, 2.75) is 6.92 Å². The average Bonchev–Trinajstić information content (AvgIpc) is 2.20. The van der Waals surface area contributed by atoms with Gasteiger partial charge >= 0.3 is 0 Å². The number of halogens is 1. The lowest BCUT2D eigenvalue weighted by Crippen LogP contribution is -1.89. The molecular formula is C13H12BrNO. The highest BCUT2D eigenvalue weighted by Crippen LogP contribution is 2.25. The van der Waals surface area contributed by atoms with Crippen molar-refractivity contribution in [2.75, 3.05) is 5.73 Å². The van der Waals surface area contributed by atoms with Crippen molar-refractivity contribution in [3.8, 4) is 11.5 Å². The zero-order valence-electron chi connectivity index (χ0n) is 8.91. The summed E-state index contributed by atoms with van der Waals surface area (Å²) in [5.74, 6) is 1.56. The van der Waals surface area contributed by atoms with E-state index in [1.807, 2.05) is 49.4 Å². The van der Waals surface area contributed by atoms with Crippen LogP contribution in [-0.2, 0) is 0 Å². The number of nitrogens with two attached hydrogens (primary N) is 1. The van der Waals surface area contributed by atoms with E-state index >= 15 is 0 Å². The number of benzene rings is 2. The SMILES string of the molecule is Cc1cc(N)cc(Oc2ccc(Br)cc2)c1. The van der Waals surface area contributed by atoms with Gasteiger partial charge in [-0.25, -0.2) is 0 Å². The van der Waals surface area contributed by atoms with Crippen molar-refractivity contribution < 1.29 is 4.74 Å². The van der Waals surface area contributed by atoms with Crippen molar-refractivity contribution in [2.24, 2.45) is 0 Å². The zero-order chi connectivity index (χ0) is 11.5. The molecule has 0 spiro atoms. The van der Waals surface area contributed by atoms with Crippen LogP contribution in [0.15, 0.2) is 46.9 Å². The molecule has 2 nitrogen and oxygen atoms in total. The second kappa shape index (κ2) is 4.58. The van der Waals surface area contributed by atoms with Gasteiger partial charge in [-0.2, -0.15) is 0 Å². The van der Waals surface area contributed by atoms with Gasteiger partial charge in [0.05, 0.1) is 0 Å². The molecule has 0 amide bonds. The maximum atomic E-state index is 5.75. The van der Waals surface area contributed by atoms with Gasteiger partial charge in [-0.3, -0.25) is 0 Å². The van der Waals surface area contributed by atoms with Gasteiger partial charge in [0.2, 0.25) is 0 Å². The molecule has 0 fully saturated rings. The molecule has 3 heteroatoms. The van der Waals surface area contributed by atoms with E-state index in [0.29, 0.717) is 5.69 Å². The summed E-state index contributed by atoms with van der Waals surface area (Å²) < 4.78 is 6.73. The molecule has 0 radical (unpaired) electrons. The van der Waals surface area contributed by atoms with Crippen LogP contribution in [0.1, 0.15) is 5.56 Å². The molecule has 0 atom stereocenters. The number of nitrogen functional groups attached to an aromatic ring is 1. The van der Waals surface area contributed by atoms with Gasteiger partial charge in [0.1, 0.15) is 11.5 Å². The Balaban J connectivity index is 2.23. The molecule has 0 aromatic heterocycles. The fourth-order valence-electron chi connectivity index (χ4n) is 1.47. The third kappa shape index (κ3) is 2.76. The van der Waals surface area contributed by atoms with E-state index in [0.717, 1.165) is 21.5 Å². The molecule has 0 unspecified atom stereocenters. The predicted octanol–water partition coefficient (Wildman–Crippen LogP) is 4.13. The monoisotopic (exact) mass is 277 g/mol. The summed E-state index contributed by atoms with van der Waals surface area (Å²) in [6, 6.07) is 13.4. The summed E-state index contributed by atoms with van der Waals surface area (Å²) in [4.78, 5) is 0. The Labute approximate surface area is 103 Å². The van der Waals surface area contributed by atoms with Crippen LogP contribution in [0, 0.1) is 6.92 Å². The van der Waals surface area contributed by atoms with E-state index in [2.05, 4.69) is 15.9 Å². The number of aryl methyl sites for hydroxylation is 1. The lowest BCUT2D eigenvalue weighted by atomic mass is 10.2. The second-order valence-corrected chi connectivity index (χ2v) is 4.55. The lowest BCUT2D eigenvalue weighted by molar-refractivity contribution is 0.482. The minimum atomic E-state index is 0.715. The van der Waals surface area contributed by atoms with Crippen molar-refractivity contribution in [1.82, 2.24) is 0 Å². The summed E-state index contributed by atoms with van der Waals surface area (Å²) >= 11 is 3.38. The van der Waals surface area contributed by atoms with Gasteiger partial charge in [0, 0.05) is 16.2 Å². The molecule has 82 valence electrons. The highest BCUT2D eigenvalue weighted by molar-refractivity contribution is 9.10. The third-order valence-electron chi connectivity index (χ3n) is 2.12. The van der Waals surface area contributed by atoms with Crippen LogP contribution in [0.3, 0.4) is 0 Å². The quantitative estimate of drug-likeness (QED) is 0.838. The number of ether oxygens (including phenoxy) is 1. The molecule has 0 aliphatic carbocycles. The third-order valence-corrected chi connectivity index (χ3v) is 2.65. The lowest BCUT2D eigenvalue weighted by Gasteiger charge is -2.07.